The number of benzene rings is 4. The third kappa shape index (κ3) is 9.89. The highest BCUT2D eigenvalue weighted by Crippen LogP contribution is 2.68. The molecule has 1 unspecified atom stereocenters. The van der Waals surface area contributed by atoms with Crippen molar-refractivity contribution >= 4 is 29.1 Å². The van der Waals surface area contributed by atoms with Crippen LogP contribution in [-0.2, 0) is 41.3 Å². The van der Waals surface area contributed by atoms with Crippen LogP contribution < -0.4 is 0 Å². The summed E-state index contributed by atoms with van der Waals surface area (Å²) in [6, 6.07) is 32.6. The first kappa shape index (κ1) is 51.2. The van der Waals surface area contributed by atoms with Crippen LogP contribution >= 0.6 is 0 Å². The lowest BCUT2D eigenvalue weighted by atomic mass is 9.39. The van der Waals surface area contributed by atoms with Crippen LogP contribution in [0, 0.1) is 53.8 Å². The molecule has 0 saturated heterocycles. The van der Waals surface area contributed by atoms with Crippen LogP contribution in [0.25, 0.3) is 16.7 Å². The molecule has 0 spiro atoms. The molecule has 0 N–H and O–H groups in total. The molecule has 76 heavy (non-hydrogen) atoms. The van der Waals surface area contributed by atoms with Crippen LogP contribution in [0.5, 0.6) is 0 Å². The minimum Gasteiger partial charge on any atom is -0.300 e. The van der Waals surface area contributed by atoms with Crippen LogP contribution in [0.1, 0.15) is 195 Å². The van der Waals surface area contributed by atoms with Crippen molar-refractivity contribution in [2.45, 2.75) is 173 Å². The summed E-state index contributed by atoms with van der Waals surface area (Å²) in [5.74, 6) is 6.87. The molecular weight excluding hydrogens is 929 g/mol. The first-order valence-electron chi connectivity index (χ1n) is 30.0. The molecule has 394 valence electrons. The lowest BCUT2D eigenvalue weighted by Gasteiger charge is -2.65. The van der Waals surface area contributed by atoms with E-state index in [-0.39, 0.29) is 22.0 Å². The summed E-state index contributed by atoms with van der Waals surface area (Å²) >= 11 is 0. The van der Waals surface area contributed by atoms with Crippen molar-refractivity contribution in [1.82, 2.24) is 4.98 Å². The van der Waals surface area contributed by atoms with E-state index < -0.39 is 0 Å². The van der Waals surface area contributed by atoms with Crippen molar-refractivity contribution in [3.05, 3.63) is 165 Å². The Labute approximate surface area is 454 Å². The van der Waals surface area contributed by atoms with Crippen molar-refractivity contribution in [3.63, 3.8) is 0 Å². The average molecular weight is 1010 g/mol. The van der Waals surface area contributed by atoms with E-state index in [4.69, 9.17) is 0 Å². The maximum Gasteiger partial charge on any atom is 0.163 e. The summed E-state index contributed by atoms with van der Waals surface area (Å²) < 4.78 is 0. The molecule has 1 aromatic heterocycles. The number of aromatic nitrogens is 1. The molecule has 1 aliphatic heterocycles. The number of Topliss-reactive ketones (excluding diaryl/α,β-unsaturated/α-hetero) is 3. The fraction of sp³-hybridized carbons (Fsp3) is 0.507. The Kier molecular flexibility index (Phi) is 14.2. The summed E-state index contributed by atoms with van der Waals surface area (Å²) in [6.07, 6.45) is 31.0. The van der Waals surface area contributed by atoms with Gasteiger partial charge in [0.15, 0.2) is 11.6 Å². The molecule has 13 rings (SSSR count). The maximum atomic E-state index is 13.7. The lowest BCUT2D eigenvalue weighted by Crippen LogP contribution is -2.61. The zero-order valence-corrected chi connectivity index (χ0v) is 46.2. The number of carbonyl (C=O) groups is 3. The van der Waals surface area contributed by atoms with Crippen molar-refractivity contribution in [1.29, 1.82) is 0 Å². The average Bonchev–Trinajstić information content (AvgIpc) is 4.43. The van der Waals surface area contributed by atoms with Gasteiger partial charge in [-0.15, -0.1) is 0 Å². The van der Waals surface area contributed by atoms with E-state index in [0.29, 0.717) is 42.7 Å². The first-order valence-corrected chi connectivity index (χ1v) is 30.0. The number of fused-ring (bicyclic) bond motifs is 5. The second kappa shape index (κ2) is 21.0. The first-order chi connectivity index (χ1) is 36.9. The van der Waals surface area contributed by atoms with Gasteiger partial charge in [0.25, 0.3) is 0 Å². The van der Waals surface area contributed by atoms with Crippen molar-refractivity contribution in [2.75, 3.05) is 6.54 Å². The molecule has 2 heterocycles. The molecule has 8 aliphatic rings. The number of rotatable bonds is 16. The van der Waals surface area contributed by atoms with E-state index in [9.17, 15) is 14.4 Å². The largest absolute Gasteiger partial charge is 0.300 e. The molecule has 4 aromatic carbocycles. The second-order valence-corrected chi connectivity index (χ2v) is 26.0. The predicted octanol–water partition coefficient (Wildman–Crippen LogP) is 16.3. The molecule has 5 fully saturated rings. The number of carbonyl (C=O) groups excluding carboxylic acids is 3. The number of hydrogen-bond donors (Lipinski definition) is 0. The number of aliphatic imine (C=N–C) groups is 1. The number of pyridine rings is 1. The Balaban J connectivity index is 0.000000155. The quantitative estimate of drug-likeness (QED) is 0.0923. The van der Waals surface area contributed by atoms with Crippen molar-refractivity contribution < 1.29 is 14.4 Å². The Hall–Kier alpha value is -5.55. The second-order valence-electron chi connectivity index (χ2n) is 26.0. The minimum atomic E-state index is -0.0863. The highest BCUT2D eigenvalue weighted by molar-refractivity contribution is 6.11. The third-order valence-electron chi connectivity index (χ3n) is 21.7. The maximum absolute atomic E-state index is 13.7. The molecule has 5 saturated carbocycles. The fourth-order valence-corrected chi connectivity index (χ4v) is 16.7. The van der Waals surface area contributed by atoms with Gasteiger partial charge in [-0.25, -0.2) is 0 Å². The van der Waals surface area contributed by atoms with Gasteiger partial charge in [-0.1, -0.05) is 131 Å². The van der Waals surface area contributed by atoms with Crippen LogP contribution in [0.15, 0.2) is 114 Å². The van der Waals surface area contributed by atoms with Crippen LogP contribution in [0.3, 0.4) is 0 Å². The molecule has 5 aromatic rings. The van der Waals surface area contributed by atoms with Gasteiger partial charge in [0.1, 0.15) is 5.78 Å². The van der Waals surface area contributed by atoms with Gasteiger partial charge in [0, 0.05) is 60.8 Å². The summed E-state index contributed by atoms with van der Waals surface area (Å²) in [5, 5.41) is 0. The number of ketones is 3. The topological polar surface area (TPSA) is 76.5 Å². The van der Waals surface area contributed by atoms with Gasteiger partial charge < -0.3 is 0 Å². The van der Waals surface area contributed by atoms with Gasteiger partial charge >= 0.3 is 0 Å². The summed E-state index contributed by atoms with van der Waals surface area (Å²) in [5.41, 5.74) is 16.4. The highest BCUT2D eigenvalue weighted by atomic mass is 16.1. The third-order valence-corrected chi connectivity index (χ3v) is 21.7. The van der Waals surface area contributed by atoms with Gasteiger partial charge in [0.05, 0.1) is 6.54 Å². The lowest BCUT2D eigenvalue weighted by molar-refractivity contribution is -0.136. The van der Waals surface area contributed by atoms with Crippen LogP contribution in [0.4, 0.5) is 0 Å². The highest BCUT2D eigenvalue weighted by Gasteiger charge is 2.63. The van der Waals surface area contributed by atoms with Crippen molar-refractivity contribution in [2.24, 2.45) is 51.8 Å². The summed E-state index contributed by atoms with van der Waals surface area (Å²) in [7, 11) is 0. The number of nitrogens with zero attached hydrogens (tertiary/aromatic N) is 2. The van der Waals surface area contributed by atoms with Gasteiger partial charge in [-0.05, 0) is 216 Å². The van der Waals surface area contributed by atoms with E-state index in [1.54, 1.807) is 6.20 Å². The normalized spacial score (nSPS) is 28.8. The Morgan fingerprint density at radius 2 is 1.38 bits per heavy atom. The standard InChI is InChI=1S/C38H43NO2.C33H39NO/c1-25-33(35(41)7-3-5-26-10-12-28(13-11-26)31-6-4-20-39-24-31)15-14-30-22-34-29(21-27-8-9-27)16-19-38(36(25)30)23-32(40)17-18-37(34,38)2;1-22-30-19-27-12-13-28(20-31(27)33(22,2)16-14-26(30)18-24-6-7-24)32(35)5-3-4-23-8-10-25(11-9-23)29-15-17-34-21-29/h4,6,10-15,20,24,27,29,34H,3,5,7-9,16-19,21-23H2,1-2H3;8-13,15,20-22,24,26,30H,3-7,14,16-19H2,1-2H3/t29?,34-,37-,38+;22-,26-,30+,33-/m00/s1. The monoisotopic (exact) mass is 1010 g/mol. The predicted molar refractivity (Wildman–Crippen MR) is 309 cm³/mol. The van der Waals surface area contributed by atoms with E-state index in [0.717, 1.165) is 104 Å². The molecule has 5 nitrogen and oxygen atoms in total. The number of aryl methyl sites for hydroxylation is 2. The summed E-state index contributed by atoms with van der Waals surface area (Å²) in [6.45, 7) is 10.5. The molecule has 0 radical (unpaired) electrons. The van der Waals surface area contributed by atoms with E-state index in [1.165, 1.54) is 120 Å². The van der Waals surface area contributed by atoms with Crippen LogP contribution in [-0.4, -0.2) is 35.1 Å². The van der Waals surface area contributed by atoms with Crippen LogP contribution in [0.2, 0.25) is 0 Å². The van der Waals surface area contributed by atoms with Crippen molar-refractivity contribution in [3.8, 4) is 11.1 Å². The van der Waals surface area contributed by atoms with E-state index in [1.807, 2.05) is 18.5 Å². The Bertz CT molecular complexity index is 3050. The fourth-order valence-electron chi connectivity index (χ4n) is 16.7. The number of allylic oxidation sites excluding steroid dienone is 1. The molecular formula is C71H82N2O3. The number of hydrogen-bond acceptors (Lipinski definition) is 5. The van der Waals surface area contributed by atoms with Gasteiger partial charge in [-0.2, -0.15) is 0 Å². The Morgan fingerprint density at radius 1 is 0.697 bits per heavy atom. The molecule has 5 heteroatoms. The smallest absolute Gasteiger partial charge is 0.163 e. The zero-order valence-electron chi connectivity index (χ0n) is 46.2. The molecule has 7 aliphatic carbocycles. The van der Waals surface area contributed by atoms with Gasteiger partial charge in [-0.3, -0.25) is 24.4 Å². The molecule has 8 atom stereocenters. The van der Waals surface area contributed by atoms with E-state index in [2.05, 4.69) is 129 Å². The SMILES string of the molecule is C[C@H]1[C@H]2Cc3ccc(C(=O)CCCc4ccc(C5=CCN=C5)cc4)cc3[C@@]1(C)CC[C@H]2CC1CC1.Cc1c(C(=O)CCCc2ccc(-c3cccnc3)cc2)ccc2c1[C@]13CCC(CC4CC4)[C@H](C2)[C@]1(C)CCC(=O)C3. The zero-order chi connectivity index (χ0) is 52.2. The van der Waals surface area contributed by atoms with Gasteiger partial charge in [0.2, 0.25) is 0 Å². The Morgan fingerprint density at radius 3 is 2.07 bits per heavy atom. The molecule has 4 bridgehead atoms. The van der Waals surface area contributed by atoms with E-state index >= 15 is 0 Å². The molecule has 0 amide bonds. The summed E-state index contributed by atoms with van der Waals surface area (Å²) in [4.78, 5) is 48.4. The minimum absolute atomic E-state index is 0.0863.